The summed E-state index contributed by atoms with van der Waals surface area (Å²) < 4.78 is 9.37. The summed E-state index contributed by atoms with van der Waals surface area (Å²) in [4.78, 5) is 15.4. The lowest BCUT2D eigenvalue weighted by molar-refractivity contribution is -0.143. The molecule has 0 amide bonds. The maximum absolute atomic E-state index is 10.9. The Bertz CT molecular complexity index is 538. The molecule has 1 aromatic heterocycles. The molecule has 0 bridgehead atoms. The van der Waals surface area contributed by atoms with Gasteiger partial charge in [0, 0.05) is 5.56 Å². The van der Waals surface area contributed by atoms with Crippen molar-refractivity contribution in [3.05, 3.63) is 30.3 Å². The molecule has 7 heteroatoms. The summed E-state index contributed by atoms with van der Waals surface area (Å²) >= 11 is 0. The third-order valence-electron chi connectivity index (χ3n) is 2.15. The molecular weight excluding hydrogens is 238 g/mol. The molecular formula is C11H11N3O4. The highest BCUT2D eigenvalue weighted by atomic mass is 16.6. The van der Waals surface area contributed by atoms with Crippen LogP contribution in [-0.2, 0) is 9.53 Å². The fourth-order valence-electron chi connectivity index (χ4n) is 1.30. The average molecular weight is 249 g/mol. The van der Waals surface area contributed by atoms with Crippen LogP contribution in [0.3, 0.4) is 0 Å². The van der Waals surface area contributed by atoms with E-state index in [0.717, 1.165) is 0 Å². The maximum atomic E-state index is 10.9. The largest absolute Gasteiger partial charge is 0.466 e. The Hall–Kier alpha value is -2.57. The van der Waals surface area contributed by atoms with Gasteiger partial charge in [-0.2, -0.15) is 4.98 Å². The summed E-state index contributed by atoms with van der Waals surface area (Å²) in [5.41, 5.74) is 0.681. The SMILES string of the molecule is COC(=O)COc1nc(-c2ccccc2)n(O)n1. The molecule has 0 fully saturated rings. The van der Waals surface area contributed by atoms with E-state index in [2.05, 4.69) is 14.8 Å². The number of hydrogen-bond donors (Lipinski definition) is 1. The molecule has 18 heavy (non-hydrogen) atoms. The second kappa shape index (κ2) is 5.17. The zero-order chi connectivity index (χ0) is 13.0. The van der Waals surface area contributed by atoms with Gasteiger partial charge < -0.3 is 14.7 Å². The van der Waals surface area contributed by atoms with Gasteiger partial charge in [-0.25, -0.2) is 4.79 Å². The van der Waals surface area contributed by atoms with Gasteiger partial charge in [-0.15, -0.1) is 0 Å². The Morgan fingerprint density at radius 2 is 2.11 bits per heavy atom. The van der Waals surface area contributed by atoms with E-state index in [1.165, 1.54) is 7.11 Å². The Kier molecular flexibility index (Phi) is 3.42. The molecule has 0 radical (unpaired) electrons. The van der Waals surface area contributed by atoms with Gasteiger partial charge in [0.25, 0.3) is 0 Å². The third kappa shape index (κ3) is 2.57. The lowest BCUT2D eigenvalue weighted by Gasteiger charge is -1.97. The van der Waals surface area contributed by atoms with Crippen LogP contribution in [-0.4, -0.2) is 39.8 Å². The zero-order valence-corrected chi connectivity index (χ0v) is 9.61. The van der Waals surface area contributed by atoms with Gasteiger partial charge in [0.2, 0.25) is 5.82 Å². The van der Waals surface area contributed by atoms with Crippen molar-refractivity contribution in [1.29, 1.82) is 0 Å². The number of methoxy groups -OCH3 is 1. The van der Waals surface area contributed by atoms with E-state index in [1.807, 2.05) is 6.07 Å². The van der Waals surface area contributed by atoms with E-state index in [1.54, 1.807) is 24.3 Å². The van der Waals surface area contributed by atoms with Crippen LogP contribution in [0.1, 0.15) is 0 Å². The molecule has 0 unspecified atom stereocenters. The molecule has 2 aromatic rings. The van der Waals surface area contributed by atoms with E-state index in [-0.39, 0.29) is 18.4 Å². The first-order valence-electron chi connectivity index (χ1n) is 5.12. The monoisotopic (exact) mass is 249 g/mol. The van der Waals surface area contributed by atoms with E-state index in [9.17, 15) is 10.0 Å². The summed E-state index contributed by atoms with van der Waals surface area (Å²) in [7, 11) is 1.25. The molecule has 1 N–H and O–H groups in total. The van der Waals surface area contributed by atoms with Crippen LogP contribution in [0.2, 0.25) is 0 Å². The molecule has 94 valence electrons. The van der Waals surface area contributed by atoms with Gasteiger partial charge in [0.15, 0.2) is 6.61 Å². The summed E-state index contributed by atoms with van der Waals surface area (Å²) in [5.74, 6) is -0.319. The summed E-state index contributed by atoms with van der Waals surface area (Å²) in [6.45, 7) is -0.311. The average Bonchev–Trinajstić information content (AvgIpc) is 2.78. The normalized spacial score (nSPS) is 10.1. The lowest BCUT2D eigenvalue weighted by atomic mass is 10.2. The van der Waals surface area contributed by atoms with Gasteiger partial charge in [-0.05, 0) is 0 Å². The van der Waals surface area contributed by atoms with Crippen LogP contribution < -0.4 is 4.74 Å². The van der Waals surface area contributed by atoms with Crippen molar-refractivity contribution in [3.8, 4) is 17.4 Å². The van der Waals surface area contributed by atoms with Crippen molar-refractivity contribution in [2.24, 2.45) is 0 Å². The van der Waals surface area contributed by atoms with E-state index < -0.39 is 5.97 Å². The van der Waals surface area contributed by atoms with Crippen LogP contribution in [0.25, 0.3) is 11.4 Å². The summed E-state index contributed by atoms with van der Waals surface area (Å²) in [5, 5.41) is 13.2. The smallest absolute Gasteiger partial charge is 0.344 e. The van der Waals surface area contributed by atoms with Crippen molar-refractivity contribution < 1.29 is 19.5 Å². The topological polar surface area (TPSA) is 86.5 Å². The number of nitrogens with zero attached hydrogens (tertiary/aromatic N) is 3. The van der Waals surface area contributed by atoms with Crippen LogP contribution in [0.4, 0.5) is 0 Å². The number of benzene rings is 1. The highest BCUT2D eigenvalue weighted by Gasteiger charge is 2.13. The Labute approximate surface area is 103 Å². The number of carbonyl (C=O) groups excluding carboxylic acids is 1. The van der Waals surface area contributed by atoms with Crippen molar-refractivity contribution >= 4 is 5.97 Å². The van der Waals surface area contributed by atoms with Gasteiger partial charge in [0.1, 0.15) is 0 Å². The minimum absolute atomic E-state index is 0.0956. The maximum Gasteiger partial charge on any atom is 0.344 e. The molecule has 0 aliphatic rings. The summed E-state index contributed by atoms with van der Waals surface area (Å²) in [6.07, 6.45) is 0. The molecule has 0 aliphatic carbocycles. The second-order valence-corrected chi connectivity index (χ2v) is 3.34. The fraction of sp³-hybridized carbons (Fsp3) is 0.182. The number of ether oxygens (including phenoxy) is 2. The Balaban J connectivity index is 2.15. The zero-order valence-electron chi connectivity index (χ0n) is 9.61. The van der Waals surface area contributed by atoms with E-state index in [4.69, 9.17) is 4.74 Å². The van der Waals surface area contributed by atoms with Crippen molar-refractivity contribution in [1.82, 2.24) is 14.9 Å². The standard InChI is InChI=1S/C11H11N3O4/c1-17-9(15)7-18-11-12-10(14(16)13-11)8-5-3-2-4-6-8/h2-6,16H,7H2,1H3. The van der Waals surface area contributed by atoms with Crippen LogP contribution >= 0.6 is 0 Å². The molecule has 2 rings (SSSR count). The predicted octanol–water partition coefficient (Wildman–Crippen LogP) is 0.734. The van der Waals surface area contributed by atoms with Crippen LogP contribution in [0.5, 0.6) is 6.01 Å². The second-order valence-electron chi connectivity index (χ2n) is 3.34. The predicted molar refractivity (Wildman–Crippen MR) is 60.2 cm³/mol. The molecule has 0 saturated heterocycles. The number of rotatable bonds is 4. The first kappa shape index (κ1) is 11.9. The molecule has 1 heterocycles. The van der Waals surface area contributed by atoms with Crippen LogP contribution in [0.15, 0.2) is 30.3 Å². The molecule has 0 atom stereocenters. The number of hydrogen-bond acceptors (Lipinski definition) is 6. The van der Waals surface area contributed by atoms with Gasteiger partial charge in [-0.3, -0.25) is 0 Å². The quantitative estimate of drug-likeness (QED) is 0.635. The number of carbonyl (C=O) groups is 1. The Morgan fingerprint density at radius 1 is 1.39 bits per heavy atom. The third-order valence-corrected chi connectivity index (χ3v) is 2.15. The van der Waals surface area contributed by atoms with E-state index in [0.29, 0.717) is 10.4 Å². The van der Waals surface area contributed by atoms with Crippen LogP contribution in [0, 0.1) is 0 Å². The van der Waals surface area contributed by atoms with Crippen molar-refractivity contribution in [2.45, 2.75) is 0 Å². The highest BCUT2D eigenvalue weighted by Crippen LogP contribution is 2.17. The lowest BCUT2D eigenvalue weighted by Crippen LogP contribution is -2.13. The van der Waals surface area contributed by atoms with Gasteiger partial charge >= 0.3 is 12.0 Å². The Morgan fingerprint density at radius 3 is 2.78 bits per heavy atom. The minimum atomic E-state index is -0.550. The molecule has 0 aliphatic heterocycles. The number of esters is 1. The summed E-state index contributed by atoms with van der Waals surface area (Å²) in [6, 6.07) is 8.89. The highest BCUT2D eigenvalue weighted by molar-refractivity contribution is 5.70. The first-order chi connectivity index (χ1) is 8.70. The molecule has 0 saturated carbocycles. The minimum Gasteiger partial charge on any atom is -0.466 e. The first-order valence-corrected chi connectivity index (χ1v) is 5.12. The molecule has 7 nitrogen and oxygen atoms in total. The molecule has 1 aromatic carbocycles. The molecule has 0 spiro atoms. The fourth-order valence-corrected chi connectivity index (χ4v) is 1.30. The van der Waals surface area contributed by atoms with Gasteiger partial charge in [0.05, 0.1) is 7.11 Å². The van der Waals surface area contributed by atoms with Crippen molar-refractivity contribution in [2.75, 3.05) is 13.7 Å². The van der Waals surface area contributed by atoms with Gasteiger partial charge in [-0.1, -0.05) is 40.3 Å². The number of aromatic nitrogens is 3. The van der Waals surface area contributed by atoms with Crippen molar-refractivity contribution in [3.63, 3.8) is 0 Å². The van der Waals surface area contributed by atoms with E-state index >= 15 is 0 Å².